The van der Waals surface area contributed by atoms with Gasteiger partial charge in [0.1, 0.15) is 28.7 Å². The number of hydrogen-bond donors (Lipinski definition) is 3. The van der Waals surface area contributed by atoms with E-state index in [0.717, 1.165) is 18.2 Å². The highest BCUT2D eigenvalue weighted by molar-refractivity contribution is 7.91. The van der Waals surface area contributed by atoms with E-state index in [4.69, 9.17) is 4.74 Å². The van der Waals surface area contributed by atoms with Crippen molar-refractivity contribution >= 4 is 21.7 Å². The van der Waals surface area contributed by atoms with E-state index in [-0.39, 0.29) is 42.1 Å². The van der Waals surface area contributed by atoms with E-state index in [1.54, 1.807) is 0 Å². The number of nitrogens with zero attached hydrogens (tertiary/aromatic N) is 3. The van der Waals surface area contributed by atoms with Gasteiger partial charge in [0.15, 0.2) is 17.4 Å². The van der Waals surface area contributed by atoms with Crippen molar-refractivity contribution in [3.63, 3.8) is 0 Å². The van der Waals surface area contributed by atoms with Gasteiger partial charge in [-0.05, 0) is 37.3 Å². The minimum atomic E-state index is -4.81. The van der Waals surface area contributed by atoms with Crippen LogP contribution in [0, 0.1) is 29.1 Å². The van der Waals surface area contributed by atoms with Crippen LogP contribution < -0.4 is 20.1 Å². The molecular weight excluding hydrogens is 614 g/mol. The standard InChI is InChI=1S/C28H24F6N6O3S/c1-28(34)11-15(12-35-14-28)38-27-37-9-7-21(39-27)16-4-3-8-36-26(16)43-22-10-20(31)25(24(33)23(22)32)40-44(41,42)13-17-18(29)5-2-6-19(17)30/h2-10,15,35,40H,11-14H2,1H3,(H,37,38,39)/t15-,28-/m0/s1. The van der Waals surface area contributed by atoms with Crippen LogP contribution in [-0.2, 0) is 15.8 Å². The smallest absolute Gasteiger partial charge is 0.237 e. The second-order valence-electron chi connectivity index (χ2n) is 10.2. The van der Waals surface area contributed by atoms with Crippen LogP contribution in [0.3, 0.4) is 0 Å². The van der Waals surface area contributed by atoms with Crippen molar-refractivity contribution in [2.45, 2.75) is 30.8 Å². The van der Waals surface area contributed by atoms with Crippen molar-refractivity contribution < 1.29 is 39.5 Å². The summed E-state index contributed by atoms with van der Waals surface area (Å²) in [6.45, 7) is 2.15. The summed E-state index contributed by atoms with van der Waals surface area (Å²) in [5.41, 5.74) is -3.32. The number of ether oxygens (including phenoxy) is 1. The predicted octanol–water partition coefficient (Wildman–Crippen LogP) is 5.47. The van der Waals surface area contributed by atoms with Gasteiger partial charge < -0.3 is 15.4 Å². The number of halogens is 6. The third kappa shape index (κ3) is 7.02. The van der Waals surface area contributed by atoms with E-state index in [9.17, 15) is 30.4 Å². The van der Waals surface area contributed by atoms with Gasteiger partial charge in [0.2, 0.25) is 27.7 Å². The number of benzene rings is 2. The Kier molecular flexibility index (Phi) is 8.65. The first kappa shape index (κ1) is 31.0. The third-order valence-corrected chi connectivity index (χ3v) is 7.76. The molecule has 1 saturated heterocycles. The second-order valence-corrected chi connectivity index (χ2v) is 12.0. The number of rotatable bonds is 9. The number of alkyl halides is 1. The maximum Gasteiger partial charge on any atom is 0.237 e. The van der Waals surface area contributed by atoms with Gasteiger partial charge in [-0.25, -0.2) is 45.3 Å². The lowest BCUT2D eigenvalue weighted by Gasteiger charge is -2.33. The van der Waals surface area contributed by atoms with E-state index in [1.165, 1.54) is 42.2 Å². The summed E-state index contributed by atoms with van der Waals surface area (Å²) in [4.78, 5) is 12.5. The molecule has 0 radical (unpaired) electrons. The Bertz CT molecular complexity index is 1790. The number of nitrogens with one attached hydrogen (secondary N) is 3. The molecule has 0 saturated carbocycles. The van der Waals surface area contributed by atoms with Crippen LogP contribution in [0.15, 0.2) is 54.9 Å². The van der Waals surface area contributed by atoms with Crippen molar-refractivity contribution in [1.82, 2.24) is 20.3 Å². The Balaban J connectivity index is 1.38. The molecule has 2 atom stereocenters. The molecular formula is C28H24F6N6O3S. The molecule has 1 aliphatic rings. The average Bonchev–Trinajstić information content (AvgIpc) is 2.96. The number of pyridine rings is 1. The fraction of sp³-hybridized carbons (Fsp3) is 0.250. The SMILES string of the molecule is C[C@@]1(F)CNC[C@@H](Nc2nccc(-c3cccnc3Oc3cc(F)c(NS(=O)(=O)Cc4c(F)cccc4F)c(F)c3F)n2)C1. The average molecular weight is 639 g/mol. The van der Waals surface area contributed by atoms with Crippen molar-refractivity contribution in [1.29, 1.82) is 0 Å². The molecule has 9 nitrogen and oxygen atoms in total. The van der Waals surface area contributed by atoms with Crippen LogP contribution in [0.1, 0.15) is 18.9 Å². The normalized spacial score (nSPS) is 18.6. The van der Waals surface area contributed by atoms with Gasteiger partial charge in [0.05, 0.1) is 11.3 Å². The lowest BCUT2D eigenvalue weighted by atomic mass is 9.95. The highest BCUT2D eigenvalue weighted by atomic mass is 32.2. The summed E-state index contributed by atoms with van der Waals surface area (Å²) < 4.78 is 119. The maximum atomic E-state index is 15.1. The molecule has 1 aliphatic heterocycles. The zero-order valence-corrected chi connectivity index (χ0v) is 23.7. The molecule has 3 heterocycles. The monoisotopic (exact) mass is 638 g/mol. The molecule has 1 fully saturated rings. The number of hydrogen-bond acceptors (Lipinski definition) is 8. The van der Waals surface area contributed by atoms with Gasteiger partial charge in [0.25, 0.3) is 0 Å². The molecule has 0 amide bonds. The lowest BCUT2D eigenvalue weighted by Crippen LogP contribution is -2.50. The molecule has 5 rings (SSSR count). The number of aromatic nitrogens is 3. The summed E-state index contributed by atoms with van der Waals surface area (Å²) in [6.07, 6.45) is 2.88. The Labute approximate surface area is 247 Å². The molecule has 0 bridgehead atoms. The van der Waals surface area contributed by atoms with E-state index in [1.807, 2.05) is 0 Å². The van der Waals surface area contributed by atoms with Gasteiger partial charge in [-0.1, -0.05) is 6.07 Å². The topological polar surface area (TPSA) is 118 Å². The first-order valence-electron chi connectivity index (χ1n) is 13.1. The molecule has 44 heavy (non-hydrogen) atoms. The first-order chi connectivity index (χ1) is 20.8. The van der Waals surface area contributed by atoms with Gasteiger partial charge in [-0.15, -0.1) is 0 Å². The highest BCUT2D eigenvalue weighted by Crippen LogP contribution is 2.36. The minimum absolute atomic E-state index is 0.150. The van der Waals surface area contributed by atoms with E-state index < -0.39 is 67.5 Å². The number of piperidine rings is 1. The van der Waals surface area contributed by atoms with E-state index in [0.29, 0.717) is 12.6 Å². The van der Waals surface area contributed by atoms with Gasteiger partial charge >= 0.3 is 0 Å². The Hall–Kier alpha value is -4.44. The zero-order valence-electron chi connectivity index (χ0n) is 22.8. The lowest BCUT2D eigenvalue weighted by molar-refractivity contribution is 0.137. The van der Waals surface area contributed by atoms with Gasteiger partial charge in [0, 0.05) is 49.6 Å². The second kappa shape index (κ2) is 12.3. The van der Waals surface area contributed by atoms with E-state index >= 15 is 4.39 Å². The van der Waals surface area contributed by atoms with Crippen molar-refractivity contribution in [2.75, 3.05) is 23.1 Å². The Morgan fingerprint density at radius 1 is 1.00 bits per heavy atom. The molecule has 2 aromatic heterocycles. The van der Waals surface area contributed by atoms with Crippen LogP contribution in [0.25, 0.3) is 11.3 Å². The van der Waals surface area contributed by atoms with Crippen LogP contribution in [0.5, 0.6) is 11.6 Å². The largest absolute Gasteiger partial charge is 0.435 e. The molecule has 232 valence electrons. The van der Waals surface area contributed by atoms with E-state index in [2.05, 4.69) is 25.6 Å². The molecule has 4 aromatic rings. The maximum absolute atomic E-state index is 15.1. The van der Waals surface area contributed by atoms with Crippen LogP contribution in [0.4, 0.5) is 38.0 Å². The Morgan fingerprint density at radius 2 is 1.75 bits per heavy atom. The molecule has 2 aromatic carbocycles. The van der Waals surface area contributed by atoms with Gasteiger partial charge in [-0.3, -0.25) is 4.72 Å². The van der Waals surface area contributed by atoms with Crippen LogP contribution >= 0.6 is 0 Å². The fourth-order valence-corrected chi connectivity index (χ4v) is 5.82. The summed E-state index contributed by atoms with van der Waals surface area (Å²) in [7, 11) is -4.81. The van der Waals surface area contributed by atoms with Crippen LogP contribution in [0.2, 0.25) is 0 Å². The molecule has 16 heteroatoms. The molecule has 0 unspecified atom stereocenters. The van der Waals surface area contributed by atoms with Crippen LogP contribution in [-0.4, -0.2) is 48.2 Å². The number of sulfonamides is 1. The minimum Gasteiger partial charge on any atom is -0.435 e. The number of anilines is 2. The van der Waals surface area contributed by atoms with Crippen molar-refractivity contribution in [3.05, 3.63) is 89.5 Å². The summed E-state index contributed by atoms with van der Waals surface area (Å²) >= 11 is 0. The first-order valence-corrected chi connectivity index (χ1v) is 14.7. The quantitative estimate of drug-likeness (QED) is 0.163. The Morgan fingerprint density at radius 3 is 2.48 bits per heavy atom. The molecule has 0 aliphatic carbocycles. The summed E-state index contributed by atoms with van der Waals surface area (Å²) in [5, 5.41) is 6.03. The highest BCUT2D eigenvalue weighted by Gasteiger charge is 2.32. The van der Waals surface area contributed by atoms with Crippen molar-refractivity contribution in [3.8, 4) is 22.9 Å². The summed E-state index contributed by atoms with van der Waals surface area (Å²) in [6, 6.07) is 7.15. The fourth-order valence-electron chi connectivity index (χ4n) is 4.59. The van der Waals surface area contributed by atoms with Crippen molar-refractivity contribution in [2.24, 2.45) is 0 Å². The predicted molar refractivity (Wildman–Crippen MR) is 149 cm³/mol. The molecule has 0 spiro atoms. The third-order valence-electron chi connectivity index (χ3n) is 6.58. The summed E-state index contributed by atoms with van der Waals surface area (Å²) in [5.74, 6) is -10.2. The molecule has 3 N–H and O–H groups in total. The zero-order chi connectivity index (χ0) is 31.6. The van der Waals surface area contributed by atoms with Gasteiger partial charge in [-0.2, -0.15) is 4.39 Å².